The highest BCUT2D eigenvalue weighted by Gasteiger charge is 2.31. The minimum atomic E-state index is -4.41. The number of alkyl halides is 3. The van der Waals surface area contributed by atoms with Gasteiger partial charge in [-0.3, -0.25) is 0 Å². The summed E-state index contributed by atoms with van der Waals surface area (Å²) in [4.78, 5) is 0. The Morgan fingerprint density at radius 3 is 2.48 bits per heavy atom. The predicted octanol–water partition coefficient (Wildman–Crippen LogP) is 4.71. The average molecular weight is 319 g/mol. The number of benzene rings is 2. The van der Waals surface area contributed by atoms with Crippen LogP contribution in [0.25, 0.3) is 0 Å². The Balaban J connectivity index is 1.94. The number of nitrogens with two attached hydrogens (primary N) is 1. The highest BCUT2D eigenvalue weighted by Crippen LogP contribution is 2.37. The van der Waals surface area contributed by atoms with Crippen molar-refractivity contribution in [1.29, 1.82) is 0 Å². The fraction of sp³-hybridized carbons (Fsp3) is 0.118. The van der Waals surface area contributed by atoms with Crippen molar-refractivity contribution >= 4 is 17.6 Å². The molecule has 0 atom stereocenters. The van der Waals surface area contributed by atoms with E-state index in [1.54, 1.807) is 18.2 Å². The predicted molar refractivity (Wildman–Crippen MR) is 82.1 cm³/mol. The van der Waals surface area contributed by atoms with Gasteiger partial charge in [-0.05, 0) is 31.2 Å². The summed E-state index contributed by atoms with van der Waals surface area (Å²) >= 11 is 0. The van der Waals surface area contributed by atoms with E-state index in [4.69, 9.17) is 10.5 Å². The summed E-state index contributed by atoms with van der Waals surface area (Å²) in [5, 5.41) is 0. The van der Waals surface area contributed by atoms with Crippen molar-refractivity contribution in [3.8, 4) is 11.5 Å². The van der Waals surface area contributed by atoms with Crippen LogP contribution in [-0.4, -0.2) is 10.8 Å². The molecular weight excluding hydrogens is 305 g/mol. The number of hydrogen-bond donors (Lipinski definition) is 1. The number of halogens is 3. The molecule has 0 aliphatic carbocycles. The van der Waals surface area contributed by atoms with Crippen LogP contribution in [0.5, 0.6) is 11.5 Å². The quantitative estimate of drug-likeness (QED) is 0.657. The molecule has 0 spiro atoms. The normalized spacial score (nSPS) is 13.9. The lowest BCUT2D eigenvalue weighted by atomic mass is 10.2. The summed E-state index contributed by atoms with van der Waals surface area (Å²) in [6, 6.07) is 9.82. The third kappa shape index (κ3) is 3.21. The molecule has 23 heavy (non-hydrogen) atoms. The Morgan fingerprint density at radius 2 is 1.83 bits per heavy atom. The van der Waals surface area contributed by atoms with Crippen molar-refractivity contribution in [2.24, 2.45) is 0 Å². The number of nitrogens with zero attached hydrogens (tertiary/aromatic N) is 1. The van der Waals surface area contributed by atoms with E-state index in [0.29, 0.717) is 17.1 Å². The summed E-state index contributed by atoms with van der Waals surface area (Å²) in [6.45, 7) is 1.95. The molecule has 2 N–H and O–H groups in total. The zero-order valence-corrected chi connectivity index (χ0v) is 12.3. The second kappa shape index (κ2) is 5.46. The van der Waals surface area contributed by atoms with Crippen molar-refractivity contribution in [2.75, 3.05) is 5.73 Å². The fourth-order valence-electron chi connectivity index (χ4n) is 2.25. The van der Waals surface area contributed by atoms with Gasteiger partial charge in [0.05, 0.1) is 11.1 Å². The maximum atomic E-state index is 12.8. The molecule has 1 heterocycles. The highest BCUT2D eigenvalue weighted by atomic mass is 19.4. The zero-order chi connectivity index (χ0) is 16.6. The van der Waals surface area contributed by atoms with Crippen molar-refractivity contribution in [3.05, 3.63) is 59.8 Å². The first-order chi connectivity index (χ1) is 10.8. The van der Waals surface area contributed by atoms with Gasteiger partial charge < -0.3 is 10.5 Å². The monoisotopic (exact) mass is 319 g/mol. The minimum Gasteiger partial charge on any atom is -0.450 e. The van der Waals surface area contributed by atoms with Crippen LogP contribution in [0.2, 0.25) is 0 Å². The Hall–Kier alpha value is -2.76. The average Bonchev–Trinajstić information content (AvgIpc) is 2.44. The SMILES string of the molecule is CC1=C[N+](c2ccc(N)cc2Oc2cccc(C(F)(F)F)c2)=C1. The molecule has 1 aliphatic rings. The van der Waals surface area contributed by atoms with Gasteiger partial charge in [0.15, 0.2) is 12.4 Å². The van der Waals surface area contributed by atoms with Crippen molar-refractivity contribution in [2.45, 2.75) is 13.1 Å². The molecule has 118 valence electrons. The lowest BCUT2D eigenvalue weighted by Crippen LogP contribution is -2.11. The standard InChI is InChI=1S/C17H14F3N2O/c1-11-9-22(10-11)15-6-5-13(21)8-16(15)23-14-4-2-3-12(7-14)17(18,19)20/h2-10H,21H2,1H3/q+1. The molecule has 3 nitrogen and oxygen atoms in total. The van der Waals surface area contributed by atoms with E-state index in [9.17, 15) is 13.2 Å². The van der Waals surface area contributed by atoms with Gasteiger partial charge in [-0.1, -0.05) is 6.07 Å². The molecule has 0 saturated carbocycles. The summed E-state index contributed by atoms with van der Waals surface area (Å²) in [5.41, 5.74) is 7.27. The van der Waals surface area contributed by atoms with Crippen LogP contribution < -0.4 is 10.5 Å². The van der Waals surface area contributed by atoms with E-state index in [1.165, 1.54) is 12.1 Å². The van der Waals surface area contributed by atoms with E-state index in [1.807, 2.05) is 23.9 Å². The molecule has 1 aliphatic heterocycles. The molecular formula is C17H14F3N2O+. The first-order valence-corrected chi connectivity index (χ1v) is 6.89. The Bertz CT molecular complexity index is 823. The van der Waals surface area contributed by atoms with Gasteiger partial charge >= 0.3 is 6.18 Å². The maximum Gasteiger partial charge on any atom is 0.416 e. The van der Waals surface area contributed by atoms with Gasteiger partial charge in [0.1, 0.15) is 5.75 Å². The van der Waals surface area contributed by atoms with Gasteiger partial charge in [0.25, 0.3) is 5.69 Å². The number of rotatable bonds is 3. The van der Waals surface area contributed by atoms with Crippen LogP contribution in [0.4, 0.5) is 24.5 Å². The van der Waals surface area contributed by atoms with Crippen molar-refractivity contribution in [3.63, 3.8) is 0 Å². The van der Waals surface area contributed by atoms with E-state index >= 15 is 0 Å². The Morgan fingerprint density at radius 1 is 1.09 bits per heavy atom. The Kier molecular flexibility index (Phi) is 3.60. The molecule has 0 saturated heterocycles. The summed E-state index contributed by atoms with van der Waals surface area (Å²) in [6.07, 6.45) is -0.627. The summed E-state index contributed by atoms with van der Waals surface area (Å²) in [5.74, 6) is 0.497. The smallest absolute Gasteiger partial charge is 0.416 e. The highest BCUT2D eigenvalue weighted by molar-refractivity contribution is 5.79. The number of hydrogen-bond acceptors (Lipinski definition) is 2. The minimum absolute atomic E-state index is 0.105. The van der Waals surface area contributed by atoms with Crippen LogP contribution >= 0.6 is 0 Å². The first-order valence-electron chi connectivity index (χ1n) is 6.89. The van der Waals surface area contributed by atoms with E-state index in [2.05, 4.69) is 0 Å². The third-order valence-electron chi connectivity index (χ3n) is 3.34. The molecule has 0 fully saturated rings. The number of allylic oxidation sites excluding steroid dienone is 1. The van der Waals surface area contributed by atoms with Gasteiger partial charge in [-0.2, -0.15) is 17.7 Å². The second-order valence-electron chi connectivity index (χ2n) is 5.26. The van der Waals surface area contributed by atoms with E-state index < -0.39 is 11.7 Å². The molecule has 0 bridgehead atoms. The largest absolute Gasteiger partial charge is 0.450 e. The number of nitrogen functional groups attached to an aromatic ring is 1. The summed E-state index contributed by atoms with van der Waals surface area (Å²) < 4.78 is 45.8. The van der Waals surface area contributed by atoms with Crippen molar-refractivity contribution < 1.29 is 22.5 Å². The lowest BCUT2D eigenvalue weighted by molar-refractivity contribution is -0.368. The molecule has 2 aromatic carbocycles. The van der Waals surface area contributed by atoms with Gasteiger partial charge in [-0.25, -0.2) is 0 Å². The zero-order valence-electron chi connectivity index (χ0n) is 12.3. The van der Waals surface area contributed by atoms with Crippen LogP contribution in [0.15, 0.2) is 54.2 Å². The van der Waals surface area contributed by atoms with Gasteiger partial charge in [-0.15, -0.1) is 0 Å². The van der Waals surface area contributed by atoms with Crippen LogP contribution in [0.1, 0.15) is 12.5 Å². The summed E-state index contributed by atoms with van der Waals surface area (Å²) in [7, 11) is 0. The molecule has 0 radical (unpaired) electrons. The van der Waals surface area contributed by atoms with E-state index in [-0.39, 0.29) is 5.75 Å². The molecule has 0 amide bonds. The Labute approximate surface area is 131 Å². The first kappa shape index (κ1) is 15.1. The van der Waals surface area contributed by atoms with Crippen LogP contribution in [0, 0.1) is 0 Å². The van der Waals surface area contributed by atoms with Crippen LogP contribution in [-0.2, 0) is 6.18 Å². The lowest BCUT2D eigenvalue weighted by Gasteiger charge is -2.13. The second-order valence-corrected chi connectivity index (χ2v) is 5.26. The maximum absolute atomic E-state index is 12.8. The van der Waals surface area contributed by atoms with Gasteiger partial charge in [0, 0.05) is 17.8 Å². The van der Waals surface area contributed by atoms with E-state index in [0.717, 1.165) is 17.7 Å². The van der Waals surface area contributed by atoms with Crippen molar-refractivity contribution in [1.82, 2.24) is 0 Å². The molecule has 6 heteroatoms. The fourth-order valence-corrected chi connectivity index (χ4v) is 2.25. The molecule has 2 aromatic rings. The molecule has 0 unspecified atom stereocenters. The topological polar surface area (TPSA) is 38.3 Å². The van der Waals surface area contributed by atoms with Gasteiger partial charge in [0.2, 0.25) is 5.75 Å². The number of ether oxygens (including phenoxy) is 1. The van der Waals surface area contributed by atoms with Crippen LogP contribution in [0.3, 0.4) is 0 Å². The number of anilines is 1. The molecule has 3 rings (SSSR count). The third-order valence-corrected chi connectivity index (χ3v) is 3.34. The molecule has 0 aromatic heterocycles.